The molecule has 2 aromatic rings. The van der Waals surface area contributed by atoms with Gasteiger partial charge in [-0.05, 0) is 31.0 Å². The van der Waals surface area contributed by atoms with Crippen LogP contribution in [0.15, 0.2) is 23.1 Å². The van der Waals surface area contributed by atoms with E-state index in [4.69, 9.17) is 23.2 Å². The predicted octanol–water partition coefficient (Wildman–Crippen LogP) is 2.82. The van der Waals surface area contributed by atoms with Crippen molar-refractivity contribution in [1.82, 2.24) is 14.5 Å². The maximum absolute atomic E-state index is 12.4. The third-order valence-electron chi connectivity index (χ3n) is 3.16. The first-order chi connectivity index (χ1) is 9.74. The van der Waals surface area contributed by atoms with Gasteiger partial charge in [0.1, 0.15) is 10.0 Å². The molecule has 0 aliphatic carbocycles. The van der Waals surface area contributed by atoms with E-state index in [2.05, 4.69) is 9.82 Å². The zero-order valence-corrected chi connectivity index (χ0v) is 14.1. The first kappa shape index (κ1) is 16.3. The van der Waals surface area contributed by atoms with Gasteiger partial charge in [0, 0.05) is 18.6 Å². The van der Waals surface area contributed by atoms with Crippen LogP contribution in [0.3, 0.4) is 0 Å². The van der Waals surface area contributed by atoms with Crippen LogP contribution < -0.4 is 4.72 Å². The monoisotopic (exact) mass is 347 g/mol. The lowest BCUT2D eigenvalue weighted by Gasteiger charge is -2.10. The van der Waals surface area contributed by atoms with Gasteiger partial charge in [-0.2, -0.15) is 5.10 Å². The van der Waals surface area contributed by atoms with Crippen LogP contribution in [0, 0.1) is 13.8 Å². The van der Waals surface area contributed by atoms with Gasteiger partial charge in [0.25, 0.3) is 0 Å². The van der Waals surface area contributed by atoms with Gasteiger partial charge in [0.15, 0.2) is 0 Å². The number of aryl methyl sites for hydroxylation is 3. The molecule has 8 heteroatoms. The van der Waals surface area contributed by atoms with Gasteiger partial charge >= 0.3 is 0 Å². The van der Waals surface area contributed by atoms with Gasteiger partial charge < -0.3 is 0 Å². The van der Waals surface area contributed by atoms with Crippen LogP contribution >= 0.6 is 23.2 Å². The van der Waals surface area contributed by atoms with Crippen molar-refractivity contribution < 1.29 is 8.42 Å². The van der Waals surface area contributed by atoms with Gasteiger partial charge in [-0.25, -0.2) is 13.1 Å². The van der Waals surface area contributed by atoms with Crippen LogP contribution in [0.4, 0.5) is 0 Å². The Bertz CT molecular complexity index is 765. The van der Waals surface area contributed by atoms with Crippen molar-refractivity contribution in [3.63, 3.8) is 0 Å². The Labute approximate surface area is 133 Å². The van der Waals surface area contributed by atoms with E-state index in [1.54, 1.807) is 20.0 Å². The van der Waals surface area contributed by atoms with Crippen molar-refractivity contribution in [3.8, 4) is 0 Å². The van der Waals surface area contributed by atoms with E-state index in [9.17, 15) is 8.42 Å². The van der Waals surface area contributed by atoms with Gasteiger partial charge in [-0.15, -0.1) is 0 Å². The molecule has 1 aromatic carbocycles. The number of aromatic nitrogens is 2. The second-order valence-corrected chi connectivity index (χ2v) is 7.16. The summed E-state index contributed by atoms with van der Waals surface area (Å²) in [6.07, 6.45) is 0. The van der Waals surface area contributed by atoms with Crippen LogP contribution in [-0.4, -0.2) is 18.2 Å². The van der Waals surface area contributed by atoms with Gasteiger partial charge in [-0.1, -0.05) is 35.3 Å². The summed E-state index contributed by atoms with van der Waals surface area (Å²) >= 11 is 12.1. The molecule has 0 spiro atoms. The van der Waals surface area contributed by atoms with Crippen molar-refractivity contribution in [2.75, 3.05) is 0 Å². The Kier molecular flexibility index (Phi) is 4.63. The molecule has 2 rings (SSSR count). The van der Waals surface area contributed by atoms with E-state index >= 15 is 0 Å². The van der Waals surface area contributed by atoms with Crippen LogP contribution in [0.25, 0.3) is 0 Å². The Hall–Kier alpha value is -1.08. The normalized spacial score (nSPS) is 11.9. The van der Waals surface area contributed by atoms with Crippen LogP contribution in [0.1, 0.15) is 16.8 Å². The Morgan fingerprint density at radius 2 is 1.95 bits per heavy atom. The highest BCUT2D eigenvalue weighted by atomic mass is 35.5. The lowest BCUT2D eigenvalue weighted by atomic mass is 10.1. The molecule has 0 unspecified atom stereocenters. The molecule has 0 bridgehead atoms. The Balaban J connectivity index is 2.31. The minimum atomic E-state index is -3.76. The summed E-state index contributed by atoms with van der Waals surface area (Å²) in [6.45, 7) is 3.57. The maximum Gasteiger partial charge on any atom is 0.245 e. The molecule has 0 aliphatic rings. The molecule has 0 saturated carbocycles. The first-order valence-corrected chi connectivity index (χ1v) is 8.40. The summed E-state index contributed by atoms with van der Waals surface area (Å²) in [4.78, 5) is -0.00336. The van der Waals surface area contributed by atoms with Crippen molar-refractivity contribution in [1.29, 1.82) is 0 Å². The molecule has 0 atom stereocenters. The zero-order chi connectivity index (χ0) is 15.8. The number of benzene rings is 1. The average molecular weight is 348 g/mol. The molecule has 21 heavy (non-hydrogen) atoms. The fraction of sp³-hybridized carbons (Fsp3) is 0.308. The number of hydrogen-bond acceptors (Lipinski definition) is 3. The highest BCUT2D eigenvalue weighted by Gasteiger charge is 2.25. The van der Waals surface area contributed by atoms with E-state index in [0.29, 0.717) is 10.7 Å². The Morgan fingerprint density at radius 1 is 1.29 bits per heavy atom. The fourth-order valence-corrected chi connectivity index (χ4v) is 4.08. The minimum Gasteiger partial charge on any atom is -0.255 e. The predicted molar refractivity (Wildman–Crippen MR) is 83.2 cm³/mol. The van der Waals surface area contributed by atoms with Crippen molar-refractivity contribution in [3.05, 3.63) is 45.2 Å². The zero-order valence-electron chi connectivity index (χ0n) is 11.8. The Morgan fingerprint density at radius 3 is 2.48 bits per heavy atom. The SMILES string of the molecule is Cc1cccc(Cl)c1CNS(=O)(=O)c1c(C)nn(C)c1Cl. The van der Waals surface area contributed by atoms with Crippen LogP contribution in [0.2, 0.25) is 10.2 Å². The topological polar surface area (TPSA) is 64.0 Å². The van der Waals surface area contributed by atoms with Crippen molar-refractivity contribution >= 4 is 33.2 Å². The largest absolute Gasteiger partial charge is 0.255 e. The summed E-state index contributed by atoms with van der Waals surface area (Å²) in [6, 6.07) is 5.41. The van der Waals surface area contributed by atoms with E-state index in [1.807, 2.05) is 19.1 Å². The van der Waals surface area contributed by atoms with E-state index < -0.39 is 10.0 Å². The molecule has 1 heterocycles. The standard InChI is InChI=1S/C13H15Cl2N3O2S/c1-8-5-4-6-11(14)10(8)7-16-21(19,20)12-9(2)17-18(3)13(12)15/h4-6,16H,7H2,1-3H3. The number of hydrogen-bond donors (Lipinski definition) is 1. The van der Waals surface area contributed by atoms with Crippen molar-refractivity contribution in [2.24, 2.45) is 7.05 Å². The molecule has 5 nitrogen and oxygen atoms in total. The lowest BCUT2D eigenvalue weighted by molar-refractivity contribution is 0.580. The summed E-state index contributed by atoms with van der Waals surface area (Å²) in [5.41, 5.74) is 2.01. The quantitative estimate of drug-likeness (QED) is 0.924. The second kappa shape index (κ2) is 5.96. The number of halogens is 2. The number of nitrogens with zero attached hydrogens (tertiary/aromatic N) is 2. The van der Waals surface area contributed by atoms with Gasteiger partial charge in [-0.3, -0.25) is 4.68 Å². The molecular weight excluding hydrogens is 333 g/mol. The molecule has 0 amide bonds. The highest BCUT2D eigenvalue weighted by molar-refractivity contribution is 7.89. The number of nitrogens with one attached hydrogen (secondary N) is 1. The molecular formula is C13H15Cl2N3O2S. The number of rotatable bonds is 4. The number of sulfonamides is 1. The van der Waals surface area contributed by atoms with E-state index in [1.165, 1.54) is 4.68 Å². The van der Waals surface area contributed by atoms with Gasteiger partial charge in [0.2, 0.25) is 10.0 Å². The van der Waals surface area contributed by atoms with E-state index in [-0.39, 0.29) is 16.6 Å². The van der Waals surface area contributed by atoms with Crippen LogP contribution in [0.5, 0.6) is 0 Å². The molecule has 1 N–H and O–H groups in total. The summed E-state index contributed by atoms with van der Waals surface area (Å²) in [5.74, 6) is 0. The average Bonchev–Trinajstić information content (AvgIpc) is 2.63. The first-order valence-electron chi connectivity index (χ1n) is 6.17. The summed E-state index contributed by atoms with van der Waals surface area (Å²) in [5, 5.41) is 4.61. The molecule has 0 fully saturated rings. The molecule has 0 aliphatic heterocycles. The molecule has 1 aromatic heterocycles. The molecule has 0 radical (unpaired) electrons. The van der Waals surface area contributed by atoms with E-state index in [0.717, 1.165) is 11.1 Å². The van der Waals surface area contributed by atoms with Crippen LogP contribution in [-0.2, 0) is 23.6 Å². The minimum absolute atomic E-state index is 0.00336. The highest BCUT2D eigenvalue weighted by Crippen LogP contribution is 2.25. The molecule has 114 valence electrons. The lowest BCUT2D eigenvalue weighted by Crippen LogP contribution is -2.24. The summed E-state index contributed by atoms with van der Waals surface area (Å²) < 4.78 is 28.6. The second-order valence-electron chi connectivity index (χ2n) is 4.69. The fourth-order valence-electron chi connectivity index (χ4n) is 2.05. The summed E-state index contributed by atoms with van der Waals surface area (Å²) in [7, 11) is -2.17. The smallest absolute Gasteiger partial charge is 0.245 e. The third kappa shape index (κ3) is 3.23. The van der Waals surface area contributed by atoms with Crippen molar-refractivity contribution in [2.45, 2.75) is 25.3 Å². The maximum atomic E-state index is 12.4. The molecule has 0 saturated heterocycles. The van der Waals surface area contributed by atoms with Gasteiger partial charge in [0.05, 0.1) is 5.69 Å². The third-order valence-corrected chi connectivity index (χ3v) is 5.61.